The Morgan fingerprint density at radius 3 is 2.52 bits per heavy atom. The van der Waals surface area contributed by atoms with Crippen LogP contribution in [0.5, 0.6) is 17.4 Å². The van der Waals surface area contributed by atoms with Crippen LogP contribution < -0.4 is 14.8 Å². The molecule has 31 heavy (non-hydrogen) atoms. The van der Waals surface area contributed by atoms with E-state index in [2.05, 4.69) is 15.3 Å². The lowest BCUT2D eigenvalue weighted by atomic mass is 10.1. The summed E-state index contributed by atoms with van der Waals surface area (Å²) in [5.74, 6) is 0.863. The number of aromatic nitrogens is 2. The maximum atomic E-state index is 12.7. The number of nitrogens with one attached hydrogen (secondary N) is 1. The number of pyridine rings is 1. The molecule has 2 amide bonds. The van der Waals surface area contributed by atoms with Gasteiger partial charge in [-0.15, -0.1) is 11.3 Å². The van der Waals surface area contributed by atoms with Gasteiger partial charge in [-0.1, -0.05) is 0 Å². The summed E-state index contributed by atoms with van der Waals surface area (Å²) < 4.78 is 11.6. The van der Waals surface area contributed by atoms with Crippen LogP contribution in [0.2, 0.25) is 0 Å². The molecule has 1 aliphatic heterocycles. The third-order valence-electron chi connectivity index (χ3n) is 4.52. The van der Waals surface area contributed by atoms with Gasteiger partial charge in [0.15, 0.2) is 5.13 Å². The Labute approximate surface area is 183 Å². The topological polar surface area (TPSA) is 93.7 Å². The molecule has 160 valence electrons. The van der Waals surface area contributed by atoms with Gasteiger partial charge >= 0.3 is 0 Å². The van der Waals surface area contributed by atoms with E-state index in [1.807, 2.05) is 13.8 Å². The summed E-state index contributed by atoms with van der Waals surface area (Å²) in [5.41, 5.74) is 0.889. The molecule has 0 aliphatic carbocycles. The molecule has 0 atom stereocenters. The Morgan fingerprint density at radius 2 is 1.90 bits per heavy atom. The van der Waals surface area contributed by atoms with Gasteiger partial charge in [0.05, 0.1) is 11.7 Å². The maximum Gasteiger partial charge on any atom is 0.257 e. The van der Waals surface area contributed by atoms with E-state index in [9.17, 15) is 9.59 Å². The third kappa shape index (κ3) is 5.18. The number of likely N-dealkylation sites (tertiary alicyclic amines) is 1. The molecule has 8 nitrogen and oxygen atoms in total. The van der Waals surface area contributed by atoms with Crippen molar-refractivity contribution in [3.63, 3.8) is 0 Å². The van der Waals surface area contributed by atoms with Gasteiger partial charge in [0, 0.05) is 48.6 Å². The molecular formula is C22H22N4O4S. The first kappa shape index (κ1) is 20.8. The summed E-state index contributed by atoms with van der Waals surface area (Å²) in [6, 6.07) is 8.28. The molecule has 0 spiro atoms. The summed E-state index contributed by atoms with van der Waals surface area (Å²) in [7, 11) is 0. The predicted octanol–water partition coefficient (Wildman–Crippen LogP) is 4.22. The Kier molecular flexibility index (Phi) is 6.13. The summed E-state index contributed by atoms with van der Waals surface area (Å²) >= 11 is 1.33. The molecule has 1 saturated heterocycles. The molecule has 3 aromatic rings. The van der Waals surface area contributed by atoms with Crippen LogP contribution in [0, 0.1) is 0 Å². The van der Waals surface area contributed by atoms with Crippen LogP contribution in [-0.2, 0) is 0 Å². The van der Waals surface area contributed by atoms with E-state index < -0.39 is 0 Å². The van der Waals surface area contributed by atoms with Gasteiger partial charge < -0.3 is 14.4 Å². The Balaban J connectivity index is 1.53. The van der Waals surface area contributed by atoms with Crippen LogP contribution in [0.25, 0.3) is 0 Å². The highest BCUT2D eigenvalue weighted by Crippen LogP contribution is 2.28. The molecule has 2 aromatic heterocycles. The molecule has 0 bridgehead atoms. The number of rotatable bonds is 7. The van der Waals surface area contributed by atoms with Crippen molar-refractivity contribution in [1.29, 1.82) is 0 Å². The molecule has 1 fully saturated rings. The summed E-state index contributed by atoms with van der Waals surface area (Å²) in [4.78, 5) is 35.0. The minimum absolute atomic E-state index is 0.0289. The maximum absolute atomic E-state index is 12.7. The summed E-state index contributed by atoms with van der Waals surface area (Å²) in [5, 5.41) is 5.04. The number of carbonyl (C=O) groups excluding carboxylic acids is 2. The monoisotopic (exact) mass is 438 g/mol. The molecule has 1 aliphatic rings. The second kappa shape index (κ2) is 9.13. The van der Waals surface area contributed by atoms with Crippen LogP contribution >= 0.6 is 11.3 Å². The van der Waals surface area contributed by atoms with Crippen molar-refractivity contribution < 1.29 is 19.1 Å². The average molecular weight is 439 g/mol. The van der Waals surface area contributed by atoms with E-state index in [-0.39, 0.29) is 17.9 Å². The van der Waals surface area contributed by atoms with E-state index in [4.69, 9.17) is 9.47 Å². The number of thiazole rings is 1. The van der Waals surface area contributed by atoms with E-state index in [0.717, 1.165) is 19.5 Å². The van der Waals surface area contributed by atoms with Gasteiger partial charge in [0.2, 0.25) is 5.88 Å². The van der Waals surface area contributed by atoms with Crippen LogP contribution in [-0.4, -0.2) is 45.9 Å². The van der Waals surface area contributed by atoms with Gasteiger partial charge in [0.25, 0.3) is 11.8 Å². The Bertz CT molecular complexity index is 1060. The lowest BCUT2D eigenvalue weighted by molar-refractivity contribution is 0.0651. The predicted molar refractivity (Wildman–Crippen MR) is 117 cm³/mol. The quantitative estimate of drug-likeness (QED) is 0.594. The number of anilines is 1. The van der Waals surface area contributed by atoms with Gasteiger partial charge in [-0.25, -0.2) is 9.97 Å². The van der Waals surface area contributed by atoms with E-state index in [0.29, 0.717) is 33.6 Å². The van der Waals surface area contributed by atoms with Gasteiger partial charge in [-0.05, 0) is 38.5 Å². The van der Waals surface area contributed by atoms with Crippen molar-refractivity contribution >= 4 is 28.3 Å². The number of ether oxygens (including phenoxy) is 2. The first-order chi connectivity index (χ1) is 15.0. The third-order valence-corrected chi connectivity index (χ3v) is 5.20. The molecule has 1 aromatic carbocycles. The normalized spacial score (nSPS) is 12.9. The number of hydrogen-bond acceptors (Lipinski definition) is 7. The molecule has 0 radical (unpaired) electrons. The van der Waals surface area contributed by atoms with Crippen molar-refractivity contribution in [3.8, 4) is 17.4 Å². The molecule has 0 saturated carbocycles. The standard InChI is InChI=1S/C22H22N4O4S/c1-14(2)29-17-10-16(20(27)25-22-23-6-9-31-22)11-18(12-17)30-19-5-4-15(13-24-19)21(28)26-7-3-8-26/h4-6,9-14H,3,7-8H2,1-2H3,(H,23,25,27). The molecule has 1 N–H and O–H groups in total. The fraction of sp³-hybridized carbons (Fsp3) is 0.273. The second-order valence-corrected chi connectivity index (χ2v) is 8.18. The van der Waals surface area contributed by atoms with Gasteiger partial charge in [-0.3, -0.25) is 14.9 Å². The molecule has 9 heteroatoms. The van der Waals surface area contributed by atoms with Crippen molar-refractivity contribution in [1.82, 2.24) is 14.9 Å². The highest BCUT2D eigenvalue weighted by atomic mass is 32.1. The zero-order valence-corrected chi connectivity index (χ0v) is 18.0. The average Bonchev–Trinajstić information content (AvgIpc) is 3.19. The van der Waals surface area contributed by atoms with Crippen molar-refractivity contribution in [2.45, 2.75) is 26.4 Å². The van der Waals surface area contributed by atoms with Gasteiger partial charge in [0.1, 0.15) is 11.5 Å². The fourth-order valence-corrected chi connectivity index (χ4v) is 3.47. The minimum Gasteiger partial charge on any atom is -0.491 e. The van der Waals surface area contributed by atoms with Crippen molar-refractivity contribution in [2.75, 3.05) is 18.4 Å². The number of hydrogen-bond donors (Lipinski definition) is 1. The Morgan fingerprint density at radius 1 is 1.10 bits per heavy atom. The molecule has 3 heterocycles. The van der Waals surface area contributed by atoms with Crippen LogP contribution in [0.1, 0.15) is 41.0 Å². The zero-order valence-electron chi connectivity index (χ0n) is 17.2. The molecule has 4 rings (SSSR count). The van der Waals surface area contributed by atoms with Crippen molar-refractivity contribution in [2.24, 2.45) is 0 Å². The minimum atomic E-state index is -0.322. The fourth-order valence-electron chi connectivity index (χ4n) is 2.95. The lowest BCUT2D eigenvalue weighted by Gasteiger charge is -2.30. The van der Waals surface area contributed by atoms with Crippen LogP contribution in [0.4, 0.5) is 5.13 Å². The van der Waals surface area contributed by atoms with Crippen LogP contribution in [0.3, 0.4) is 0 Å². The van der Waals surface area contributed by atoms with Gasteiger partial charge in [-0.2, -0.15) is 0 Å². The number of nitrogens with zero attached hydrogens (tertiary/aromatic N) is 3. The lowest BCUT2D eigenvalue weighted by Crippen LogP contribution is -2.42. The SMILES string of the molecule is CC(C)Oc1cc(Oc2ccc(C(=O)N3CCC3)cn2)cc(C(=O)Nc2nccs2)c1. The highest BCUT2D eigenvalue weighted by Gasteiger charge is 2.22. The first-order valence-electron chi connectivity index (χ1n) is 9.94. The molecule has 0 unspecified atom stereocenters. The van der Waals surface area contributed by atoms with E-state index >= 15 is 0 Å². The summed E-state index contributed by atoms with van der Waals surface area (Å²) in [6.45, 7) is 5.37. The van der Waals surface area contributed by atoms with Crippen LogP contribution in [0.15, 0.2) is 48.1 Å². The number of amides is 2. The number of benzene rings is 1. The smallest absolute Gasteiger partial charge is 0.257 e. The molecular weight excluding hydrogens is 416 g/mol. The Hall–Kier alpha value is -3.46. The van der Waals surface area contributed by atoms with E-state index in [1.165, 1.54) is 17.5 Å². The highest BCUT2D eigenvalue weighted by molar-refractivity contribution is 7.13. The van der Waals surface area contributed by atoms with Crippen molar-refractivity contribution in [3.05, 3.63) is 59.2 Å². The first-order valence-corrected chi connectivity index (χ1v) is 10.8. The number of carbonyl (C=O) groups is 2. The second-order valence-electron chi connectivity index (χ2n) is 7.28. The largest absolute Gasteiger partial charge is 0.491 e. The summed E-state index contributed by atoms with van der Waals surface area (Å²) in [6.07, 6.45) is 4.08. The van der Waals surface area contributed by atoms with E-state index in [1.54, 1.807) is 46.8 Å². The zero-order chi connectivity index (χ0) is 21.8.